The summed E-state index contributed by atoms with van der Waals surface area (Å²) in [7, 11) is 0. The Hall–Kier alpha value is -0.780. The molecule has 86 valence electrons. The van der Waals surface area contributed by atoms with Crippen molar-refractivity contribution >= 4 is 0 Å². The van der Waals surface area contributed by atoms with E-state index in [4.69, 9.17) is 0 Å². The SMILES string of the molecule is CC.CC.CC/C=C/C1=CC=CC2CC12. The van der Waals surface area contributed by atoms with Crippen molar-refractivity contribution < 1.29 is 0 Å². The third kappa shape index (κ3) is 4.51. The lowest BCUT2D eigenvalue weighted by molar-refractivity contribution is 0.935. The van der Waals surface area contributed by atoms with Gasteiger partial charge in [-0.2, -0.15) is 0 Å². The van der Waals surface area contributed by atoms with Gasteiger partial charge >= 0.3 is 0 Å². The molecular weight excluding hydrogens is 180 g/mol. The van der Waals surface area contributed by atoms with Crippen LogP contribution in [0.1, 0.15) is 47.5 Å². The first-order valence-corrected chi connectivity index (χ1v) is 6.46. The maximum Gasteiger partial charge on any atom is -0.00930 e. The van der Waals surface area contributed by atoms with Crippen LogP contribution in [0.3, 0.4) is 0 Å². The van der Waals surface area contributed by atoms with Crippen molar-refractivity contribution in [2.75, 3.05) is 0 Å². The molecule has 0 bridgehead atoms. The second-order valence-corrected chi connectivity index (χ2v) is 3.37. The van der Waals surface area contributed by atoms with Gasteiger partial charge in [0, 0.05) is 0 Å². The molecule has 0 aromatic carbocycles. The lowest BCUT2D eigenvalue weighted by atomic mass is 10.0. The Bertz CT molecular complexity index is 230. The van der Waals surface area contributed by atoms with E-state index in [2.05, 4.69) is 37.3 Å². The minimum absolute atomic E-state index is 0.878. The van der Waals surface area contributed by atoms with Gasteiger partial charge in [0.2, 0.25) is 0 Å². The van der Waals surface area contributed by atoms with Crippen LogP contribution in [0.4, 0.5) is 0 Å². The average Bonchev–Trinajstić information content (AvgIpc) is 3.11. The number of allylic oxidation sites excluding steroid dienone is 6. The number of fused-ring (bicyclic) bond motifs is 1. The van der Waals surface area contributed by atoms with Crippen LogP contribution in [0.5, 0.6) is 0 Å². The molecule has 0 amide bonds. The highest BCUT2D eigenvalue weighted by atomic mass is 14.4. The summed E-state index contributed by atoms with van der Waals surface area (Å²) in [6.07, 6.45) is 13.8. The molecule has 2 rings (SSSR count). The van der Waals surface area contributed by atoms with Gasteiger partial charge in [-0.15, -0.1) is 0 Å². The fraction of sp³-hybridized carbons (Fsp3) is 0.600. The molecule has 0 radical (unpaired) electrons. The second kappa shape index (κ2) is 8.52. The van der Waals surface area contributed by atoms with E-state index in [0.29, 0.717) is 0 Å². The molecule has 2 aliphatic carbocycles. The monoisotopic (exact) mass is 206 g/mol. The summed E-state index contributed by atoms with van der Waals surface area (Å²) >= 11 is 0. The number of hydrogen-bond donors (Lipinski definition) is 0. The Morgan fingerprint density at radius 1 is 1.27 bits per heavy atom. The fourth-order valence-corrected chi connectivity index (χ4v) is 1.68. The van der Waals surface area contributed by atoms with Crippen molar-refractivity contribution in [3.05, 3.63) is 36.0 Å². The van der Waals surface area contributed by atoms with Crippen LogP contribution in [-0.2, 0) is 0 Å². The maximum atomic E-state index is 2.33. The normalized spacial score (nSPS) is 25.5. The summed E-state index contributed by atoms with van der Waals surface area (Å²) < 4.78 is 0. The van der Waals surface area contributed by atoms with Gasteiger partial charge in [0.1, 0.15) is 0 Å². The summed E-state index contributed by atoms with van der Waals surface area (Å²) in [6, 6.07) is 0. The highest BCUT2D eigenvalue weighted by molar-refractivity contribution is 5.36. The largest absolute Gasteiger partial charge is 0.0845 e. The van der Waals surface area contributed by atoms with Gasteiger partial charge in [-0.1, -0.05) is 65.0 Å². The predicted octanol–water partition coefficient (Wildman–Crippen LogP) is 5.14. The van der Waals surface area contributed by atoms with Crippen LogP contribution < -0.4 is 0 Å². The molecule has 0 aromatic heterocycles. The molecule has 0 heterocycles. The van der Waals surface area contributed by atoms with Crippen LogP contribution >= 0.6 is 0 Å². The molecule has 2 atom stereocenters. The summed E-state index contributed by atoms with van der Waals surface area (Å²) in [5.74, 6) is 1.76. The van der Waals surface area contributed by atoms with E-state index >= 15 is 0 Å². The Balaban J connectivity index is 0.000000442. The molecule has 1 fully saturated rings. The number of hydrogen-bond acceptors (Lipinski definition) is 0. The van der Waals surface area contributed by atoms with Gasteiger partial charge in [0.15, 0.2) is 0 Å². The van der Waals surface area contributed by atoms with Crippen molar-refractivity contribution in [3.63, 3.8) is 0 Å². The van der Waals surface area contributed by atoms with Gasteiger partial charge in [-0.3, -0.25) is 0 Å². The standard InChI is InChI=1S/C11H14.2C2H6/c1-2-3-5-9-6-4-7-10-8-11(9)10;2*1-2/h3-7,10-11H,2,8H2,1H3;2*1-2H3/b5-3+;;. The van der Waals surface area contributed by atoms with Gasteiger partial charge < -0.3 is 0 Å². The fourth-order valence-electron chi connectivity index (χ4n) is 1.68. The highest BCUT2D eigenvalue weighted by Crippen LogP contribution is 2.47. The highest BCUT2D eigenvalue weighted by Gasteiger charge is 2.37. The quantitative estimate of drug-likeness (QED) is 0.587. The van der Waals surface area contributed by atoms with E-state index in [9.17, 15) is 0 Å². The van der Waals surface area contributed by atoms with Crippen LogP contribution in [0, 0.1) is 11.8 Å². The van der Waals surface area contributed by atoms with Crippen LogP contribution in [-0.4, -0.2) is 0 Å². The van der Waals surface area contributed by atoms with Gasteiger partial charge in [0.25, 0.3) is 0 Å². The second-order valence-electron chi connectivity index (χ2n) is 3.37. The van der Waals surface area contributed by atoms with Gasteiger partial charge in [-0.05, 0) is 30.3 Å². The summed E-state index contributed by atoms with van der Waals surface area (Å²) in [5, 5.41) is 0. The Labute approximate surface area is 95.8 Å². The molecule has 0 nitrogen and oxygen atoms in total. The molecule has 0 heteroatoms. The zero-order valence-electron chi connectivity index (χ0n) is 11.0. The zero-order valence-corrected chi connectivity index (χ0v) is 11.0. The molecule has 0 spiro atoms. The predicted molar refractivity (Wildman–Crippen MR) is 70.9 cm³/mol. The van der Waals surface area contributed by atoms with Crippen molar-refractivity contribution in [3.8, 4) is 0 Å². The van der Waals surface area contributed by atoms with Gasteiger partial charge in [-0.25, -0.2) is 0 Å². The minimum atomic E-state index is 0.878. The molecular formula is C15H26. The van der Waals surface area contributed by atoms with E-state index in [-0.39, 0.29) is 0 Å². The molecule has 0 aromatic rings. The molecule has 2 unspecified atom stereocenters. The lowest BCUT2D eigenvalue weighted by Gasteiger charge is -2.01. The molecule has 0 N–H and O–H groups in total. The molecule has 0 saturated heterocycles. The van der Waals surface area contributed by atoms with E-state index in [1.165, 1.54) is 6.42 Å². The first kappa shape index (κ1) is 14.2. The number of rotatable bonds is 2. The van der Waals surface area contributed by atoms with Crippen molar-refractivity contribution in [1.29, 1.82) is 0 Å². The summed E-state index contributed by atoms with van der Waals surface area (Å²) in [6.45, 7) is 10.2. The Morgan fingerprint density at radius 2 is 1.93 bits per heavy atom. The third-order valence-corrected chi connectivity index (χ3v) is 2.46. The molecule has 0 aliphatic heterocycles. The molecule has 2 aliphatic rings. The smallest absolute Gasteiger partial charge is 0.00930 e. The van der Waals surface area contributed by atoms with E-state index in [0.717, 1.165) is 18.3 Å². The van der Waals surface area contributed by atoms with Gasteiger partial charge in [0.05, 0.1) is 0 Å². The summed E-state index contributed by atoms with van der Waals surface area (Å²) in [4.78, 5) is 0. The van der Waals surface area contributed by atoms with Crippen LogP contribution in [0.15, 0.2) is 36.0 Å². The Kier molecular flexibility index (Phi) is 8.08. The summed E-state index contributed by atoms with van der Waals surface area (Å²) in [5.41, 5.74) is 1.54. The van der Waals surface area contributed by atoms with Crippen molar-refractivity contribution in [2.24, 2.45) is 11.8 Å². The van der Waals surface area contributed by atoms with Crippen molar-refractivity contribution in [2.45, 2.75) is 47.5 Å². The molecule has 15 heavy (non-hydrogen) atoms. The average molecular weight is 206 g/mol. The Morgan fingerprint density at radius 3 is 2.53 bits per heavy atom. The first-order chi connectivity index (χ1) is 7.42. The topological polar surface area (TPSA) is 0 Å². The van der Waals surface area contributed by atoms with Crippen LogP contribution in [0.2, 0.25) is 0 Å². The molecule has 1 saturated carbocycles. The maximum absolute atomic E-state index is 2.33. The van der Waals surface area contributed by atoms with E-state index < -0.39 is 0 Å². The van der Waals surface area contributed by atoms with E-state index in [1.807, 2.05) is 27.7 Å². The third-order valence-electron chi connectivity index (χ3n) is 2.46. The minimum Gasteiger partial charge on any atom is -0.0845 e. The first-order valence-electron chi connectivity index (χ1n) is 6.46. The van der Waals surface area contributed by atoms with E-state index in [1.54, 1.807) is 5.57 Å². The van der Waals surface area contributed by atoms with Crippen LogP contribution in [0.25, 0.3) is 0 Å². The lowest BCUT2D eigenvalue weighted by Crippen LogP contribution is -1.87. The van der Waals surface area contributed by atoms with Crippen molar-refractivity contribution in [1.82, 2.24) is 0 Å². The zero-order chi connectivity index (χ0) is 11.7.